The molecule has 0 aliphatic carbocycles. The van der Waals surface area contributed by atoms with Gasteiger partial charge in [-0.2, -0.15) is 0 Å². The van der Waals surface area contributed by atoms with Crippen molar-refractivity contribution in [2.45, 2.75) is 39.7 Å². The van der Waals surface area contributed by atoms with Gasteiger partial charge in [-0.05, 0) is 26.7 Å². The Morgan fingerprint density at radius 3 is 2.00 bits per heavy atom. The summed E-state index contributed by atoms with van der Waals surface area (Å²) in [5, 5.41) is 0. The van der Waals surface area contributed by atoms with Crippen LogP contribution in [0.2, 0.25) is 6.55 Å². The molecule has 15 heavy (non-hydrogen) atoms. The van der Waals surface area contributed by atoms with Gasteiger partial charge in [0.15, 0.2) is 0 Å². The van der Waals surface area contributed by atoms with E-state index in [0.717, 1.165) is 25.1 Å². The normalized spacial score (nSPS) is 12.0. The van der Waals surface area contributed by atoms with Crippen LogP contribution in [-0.4, -0.2) is 34.5 Å². The Bertz CT molecular complexity index is 141. The van der Waals surface area contributed by atoms with Gasteiger partial charge in [-0.1, -0.05) is 6.42 Å². The first-order chi connectivity index (χ1) is 7.18. The lowest BCUT2D eigenvalue weighted by Gasteiger charge is -2.24. The second kappa shape index (κ2) is 9.60. The highest BCUT2D eigenvalue weighted by atomic mass is 35.5. The number of rotatable bonds is 10. The molecule has 0 aromatic rings. The Labute approximate surface area is 99.4 Å². The molecule has 0 aliphatic heterocycles. The molecule has 0 fully saturated rings. The van der Waals surface area contributed by atoms with Crippen molar-refractivity contribution < 1.29 is 13.3 Å². The second-order valence-electron chi connectivity index (χ2n) is 3.33. The van der Waals surface area contributed by atoms with E-state index in [2.05, 4.69) is 0 Å². The number of unbranched alkanes of at least 4 members (excludes halogenated alkanes) is 2. The lowest BCUT2D eigenvalue weighted by molar-refractivity contribution is 0.0725. The molecular weight excluding hydrogens is 232 g/mol. The van der Waals surface area contributed by atoms with Gasteiger partial charge in [0, 0.05) is 32.2 Å². The predicted molar refractivity (Wildman–Crippen MR) is 65.4 cm³/mol. The maximum absolute atomic E-state index is 5.71. The average Bonchev–Trinajstić information content (AvgIpc) is 2.18. The minimum atomic E-state index is -2.34. The number of halogens is 1. The third-order valence-corrected chi connectivity index (χ3v) is 4.58. The zero-order chi connectivity index (χ0) is 11.6. The van der Waals surface area contributed by atoms with Crippen LogP contribution in [0.4, 0.5) is 0 Å². The Kier molecular flexibility index (Phi) is 9.85. The van der Waals surface area contributed by atoms with Crippen molar-refractivity contribution in [2.75, 3.05) is 25.7 Å². The van der Waals surface area contributed by atoms with Crippen molar-refractivity contribution >= 4 is 20.4 Å². The van der Waals surface area contributed by atoms with Crippen LogP contribution in [0.3, 0.4) is 0 Å². The van der Waals surface area contributed by atoms with Gasteiger partial charge in [0.1, 0.15) is 0 Å². The predicted octanol–water partition coefficient (Wildman–Crippen LogP) is 3.05. The van der Waals surface area contributed by atoms with Crippen LogP contribution in [0.15, 0.2) is 0 Å². The van der Waals surface area contributed by atoms with Gasteiger partial charge in [0.25, 0.3) is 0 Å². The van der Waals surface area contributed by atoms with E-state index in [1.165, 1.54) is 0 Å². The highest BCUT2D eigenvalue weighted by molar-refractivity contribution is 6.59. The van der Waals surface area contributed by atoms with E-state index in [4.69, 9.17) is 24.9 Å². The smallest absolute Gasteiger partial charge is 0.374 e. The number of hydrogen-bond acceptors (Lipinski definition) is 3. The van der Waals surface area contributed by atoms with Gasteiger partial charge in [-0.3, -0.25) is 0 Å². The monoisotopic (exact) mass is 254 g/mol. The minimum Gasteiger partial charge on any atom is -0.374 e. The third kappa shape index (κ3) is 8.22. The van der Waals surface area contributed by atoms with E-state index in [-0.39, 0.29) is 0 Å². The van der Waals surface area contributed by atoms with E-state index < -0.39 is 8.80 Å². The van der Waals surface area contributed by atoms with Gasteiger partial charge in [-0.15, -0.1) is 11.6 Å². The van der Waals surface area contributed by atoms with E-state index in [0.29, 0.717) is 19.8 Å². The molecule has 0 aliphatic rings. The first-order valence-corrected chi connectivity index (χ1v) is 8.42. The molecule has 0 aromatic carbocycles. The topological polar surface area (TPSA) is 27.7 Å². The SMILES string of the molecule is CCO[Si](C)(OCC)OCCCCCCl. The first kappa shape index (κ1) is 15.4. The minimum absolute atomic E-state index is 0.643. The summed E-state index contributed by atoms with van der Waals surface area (Å²) in [6.45, 7) is 7.86. The summed E-state index contributed by atoms with van der Waals surface area (Å²) in [6, 6.07) is 0. The second-order valence-corrected chi connectivity index (χ2v) is 6.30. The summed E-state index contributed by atoms with van der Waals surface area (Å²) in [6.07, 6.45) is 3.17. The molecule has 0 saturated carbocycles. The lowest BCUT2D eigenvalue weighted by atomic mass is 10.3. The molecule has 0 N–H and O–H groups in total. The van der Waals surface area contributed by atoms with Crippen LogP contribution in [0.5, 0.6) is 0 Å². The summed E-state index contributed by atoms with van der Waals surface area (Å²) >= 11 is 5.59. The molecule has 0 radical (unpaired) electrons. The van der Waals surface area contributed by atoms with E-state index in [1.54, 1.807) is 0 Å². The molecular formula is C10H23ClO3Si. The van der Waals surface area contributed by atoms with Gasteiger partial charge >= 0.3 is 8.80 Å². The molecule has 92 valence electrons. The molecule has 0 atom stereocenters. The molecule has 0 saturated heterocycles. The summed E-state index contributed by atoms with van der Waals surface area (Å²) in [5.41, 5.74) is 0. The summed E-state index contributed by atoms with van der Waals surface area (Å²) in [7, 11) is -2.34. The van der Waals surface area contributed by atoms with Crippen molar-refractivity contribution in [3.63, 3.8) is 0 Å². The van der Waals surface area contributed by atoms with E-state index in [1.807, 2.05) is 20.4 Å². The van der Waals surface area contributed by atoms with Gasteiger partial charge in [0.2, 0.25) is 0 Å². The fourth-order valence-electron chi connectivity index (χ4n) is 1.28. The molecule has 0 aromatic heterocycles. The third-order valence-electron chi connectivity index (χ3n) is 1.96. The van der Waals surface area contributed by atoms with Crippen LogP contribution < -0.4 is 0 Å². The molecule has 0 rings (SSSR count). The van der Waals surface area contributed by atoms with Crippen molar-refractivity contribution in [3.8, 4) is 0 Å². The van der Waals surface area contributed by atoms with Crippen LogP contribution in [-0.2, 0) is 13.3 Å². The Hall–Kier alpha value is 0.387. The summed E-state index contributed by atoms with van der Waals surface area (Å²) < 4.78 is 16.8. The lowest BCUT2D eigenvalue weighted by Crippen LogP contribution is -2.42. The zero-order valence-electron chi connectivity index (χ0n) is 10.1. The quantitative estimate of drug-likeness (QED) is 0.341. The van der Waals surface area contributed by atoms with Crippen LogP contribution in [0.25, 0.3) is 0 Å². The standard InChI is InChI=1S/C10H23ClO3Si/c1-4-12-15(3,13-5-2)14-10-8-6-7-9-11/h4-10H2,1-3H3. The molecule has 0 unspecified atom stereocenters. The fraction of sp³-hybridized carbons (Fsp3) is 1.00. The largest absolute Gasteiger partial charge is 0.497 e. The summed E-state index contributed by atoms with van der Waals surface area (Å²) in [5.74, 6) is 0.728. The van der Waals surface area contributed by atoms with Crippen LogP contribution >= 0.6 is 11.6 Å². The van der Waals surface area contributed by atoms with Crippen LogP contribution in [0, 0.1) is 0 Å². The number of alkyl halides is 1. The maximum atomic E-state index is 5.71. The first-order valence-electron chi connectivity index (χ1n) is 5.66. The molecule has 0 heterocycles. The number of hydrogen-bond donors (Lipinski definition) is 0. The average molecular weight is 255 g/mol. The molecule has 3 nitrogen and oxygen atoms in total. The van der Waals surface area contributed by atoms with Crippen molar-refractivity contribution in [1.29, 1.82) is 0 Å². The zero-order valence-corrected chi connectivity index (χ0v) is 11.8. The molecule has 5 heteroatoms. The van der Waals surface area contributed by atoms with Crippen molar-refractivity contribution in [1.82, 2.24) is 0 Å². The van der Waals surface area contributed by atoms with Crippen LogP contribution in [0.1, 0.15) is 33.1 Å². The van der Waals surface area contributed by atoms with E-state index >= 15 is 0 Å². The summed E-state index contributed by atoms with van der Waals surface area (Å²) in [4.78, 5) is 0. The van der Waals surface area contributed by atoms with Gasteiger partial charge in [0.05, 0.1) is 0 Å². The Morgan fingerprint density at radius 1 is 0.933 bits per heavy atom. The van der Waals surface area contributed by atoms with Crippen molar-refractivity contribution in [3.05, 3.63) is 0 Å². The molecule has 0 bridgehead atoms. The van der Waals surface area contributed by atoms with Gasteiger partial charge in [-0.25, -0.2) is 0 Å². The van der Waals surface area contributed by atoms with Gasteiger partial charge < -0.3 is 13.3 Å². The maximum Gasteiger partial charge on any atom is 0.497 e. The highest BCUT2D eigenvalue weighted by Gasteiger charge is 2.33. The highest BCUT2D eigenvalue weighted by Crippen LogP contribution is 2.10. The van der Waals surface area contributed by atoms with Crippen molar-refractivity contribution in [2.24, 2.45) is 0 Å². The molecule has 0 amide bonds. The molecule has 0 spiro atoms. The Balaban J connectivity index is 3.65. The fourth-order valence-corrected chi connectivity index (χ4v) is 3.28. The Morgan fingerprint density at radius 2 is 1.53 bits per heavy atom. The van der Waals surface area contributed by atoms with E-state index in [9.17, 15) is 0 Å².